The van der Waals surface area contributed by atoms with Gasteiger partial charge in [-0.15, -0.1) is 0 Å². The number of hydrogen-bond acceptors (Lipinski definition) is 2. The predicted octanol–water partition coefficient (Wildman–Crippen LogP) is 2.59. The first-order valence-electron chi connectivity index (χ1n) is 6.26. The average molecular weight is 219 g/mol. The van der Waals surface area contributed by atoms with Gasteiger partial charge < -0.3 is 5.11 Å². The van der Waals surface area contributed by atoms with Crippen LogP contribution in [-0.2, 0) is 0 Å². The molecule has 1 aromatic carbocycles. The van der Waals surface area contributed by atoms with Crippen molar-refractivity contribution in [3.05, 3.63) is 35.9 Å². The van der Waals surface area contributed by atoms with Crippen molar-refractivity contribution in [3.63, 3.8) is 0 Å². The first kappa shape index (κ1) is 11.6. The van der Waals surface area contributed by atoms with E-state index in [0.29, 0.717) is 0 Å². The minimum Gasteiger partial charge on any atom is -0.387 e. The summed E-state index contributed by atoms with van der Waals surface area (Å²) in [5, 5.41) is 10.3. The molecule has 2 nitrogen and oxygen atoms in total. The van der Waals surface area contributed by atoms with E-state index in [1.807, 2.05) is 30.3 Å². The van der Waals surface area contributed by atoms with E-state index in [1.54, 1.807) is 0 Å². The Bertz CT molecular complexity index is 306. The standard InChI is InChI=1S/C14H21NO/c1-12(15-10-6-3-7-11-15)14(16)13-8-4-2-5-9-13/h2,4-5,8-9,12,14,16H,3,6-7,10-11H2,1H3/t12-,14-/m0/s1. The van der Waals surface area contributed by atoms with E-state index in [0.717, 1.165) is 18.7 Å². The number of aliphatic hydroxyl groups is 1. The second-order valence-electron chi connectivity index (χ2n) is 4.69. The molecular formula is C14H21NO. The molecule has 0 spiro atoms. The van der Waals surface area contributed by atoms with Gasteiger partial charge in [0.15, 0.2) is 0 Å². The van der Waals surface area contributed by atoms with Crippen LogP contribution in [0.1, 0.15) is 37.9 Å². The van der Waals surface area contributed by atoms with Gasteiger partial charge in [-0.25, -0.2) is 0 Å². The smallest absolute Gasteiger partial charge is 0.0942 e. The summed E-state index contributed by atoms with van der Waals surface area (Å²) in [6.07, 6.45) is 3.52. The van der Waals surface area contributed by atoms with Crippen molar-refractivity contribution in [2.45, 2.75) is 38.3 Å². The van der Waals surface area contributed by atoms with E-state index < -0.39 is 0 Å². The van der Waals surface area contributed by atoms with Crippen molar-refractivity contribution < 1.29 is 5.11 Å². The van der Waals surface area contributed by atoms with Crippen LogP contribution in [0.2, 0.25) is 0 Å². The highest BCUT2D eigenvalue weighted by Gasteiger charge is 2.23. The second kappa shape index (κ2) is 5.46. The second-order valence-corrected chi connectivity index (χ2v) is 4.69. The number of likely N-dealkylation sites (tertiary alicyclic amines) is 1. The summed E-state index contributed by atoms with van der Waals surface area (Å²) in [6.45, 7) is 4.39. The van der Waals surface area contributed by atoms with Gasteiger partial charge in [0.25, 0.3) is 0 Å². The third-order valence-corrected chi connectivity index (χ3v) is 3.56. The summed E-state index contributed by atoms with van der Waals surface area (Å²) in [7, 11) is 0. The highest BCUT2D eigenvalue weighted by molar-refractivity contribution is 5.18. The van der Waals surface area contributed by atoms with Crippen molar-refractivity contribution in [2.75, 3.05) is 13.1 Å². The lowest BCUT2D eigenvalue weighted by Gasteiger charge is -2.35. The fourth-order valence-electron chi connectivity index (χ4n) is 2.45. The van der Waals surface area contributed by atoms with Gasteiger partial charge in [-0.3, -0.25) is 4.90 Å². The quantitative estimate of drug-likeness (QED) is 0.844. The van der Waals surface area contributed by atoms with Crippen molar-refractivity contribution in [1.29, 1.82) is 0 Å². The van der Waals surface area contributed by atoms with Crippen LogP contribution in [0.3, 0.4) is 0 Å². The van der Waals surface area contributed by atoms with Crippen LogP contribution in [0.5, 0.6) is 0 Å². The van der Waals surface area contributed by atoms with Gasteiger partial charge in [0.1, 0.15) is 0 Å². The van der Waals surface area contributed by atoms with Gasteiger partial charge in [-0.2, -0.15) is 0 Å². The molecule has 1 aromatic rings. The van der Waals surface area contributed by atoms with Gasteiger partial charge in [0, 0.05) is 6.04 Å². The number of hydrogen-bond donors (Lipinski definition) is 1. The number of benzene rings is 1. The fourth-order valence-corrected chi connectivity index (χ4v) is 2.45. The van der Waals surface area contributed by atoms with Gasteiger partial charge >= 0.3 is 0 Å². The van der Waals surface area contributed by atoms with E-state index in [4.69, 9.17) is 0 Å². The van der Waals surface area contributed by atoms with E-state index >= 15 is 0 Å². The van der Waals surface area contributed by atoms with Gasteiger partial charge in [-0.05, 0) is 38.4 Å². The van der Waals surface area contributed by atoms with Gasteiger partial charge in [0.05, 0.1) is 6.10 Å². The van der Waals surface area contributed by atoms with Gasteiger partial charge in [-0.1, -0.05) is 36.8 Å². The van der Waals surface area contributed by atoms with Crippen LogP contribution in [0.4, 0.5) is 0 Å². The lowest BCUT2D eigenvalue weighted by molar-refractivity contribution is 0.0471. The van der Waals surface area contributed by atoms with Crippen molar-refractivity contribution >= 4 is 0 Å². The maximum atomic E-state index is 10.3. The molecule has 0 aromatic heterocycles. The maximum Gasteiger partial charge on any atom is 0.0942 e. The molecular weight excluding hydrogens is 198 g/mol. The third kappa shape index (κ3) is 2.63. The topological polar surface area (TPSA) is 23.5 Å². The maximum absolute atomic E-state index is 10.3. The first-order chi connectivity index (χ1) is 7.79. The summed E-state index contributed by atoms with van der Waals surface area (Å²) in [4.78, 5) is 2.40. The summed E-state index contributed by atoms with van der Waals surface area (Å²) >= 11 is 0. The Hall–Kier alpha value is -0.860. The van der Waals surface area contributed by atoms with Crippen molar-refractivity contribution in [1.82, 2.24) is 4.90 Å². The van der Waals surface area contributed by atoms with Crippen LogP contribution in [0, 0.1) is 0 Å². The summed E-state index contributed by atoms with van der Waals surface area (Å²) in [5.41, 5.74) is 1.03. The molecule has 0 radical (unpaired) electrons. The molecule has 0 amide bonds. The summed E-state index contributed by atoms with van der Waals surface area (Å²) < 4.78 is 0. The Kier molecular flexibility index (Phi) is 3.97. The molecule has 2 rings (SSSR count). The van der Waals surface area contributed by atoms with Crippen LogP contribution >= 0.6 is 0 Å². The molecule has 16 heavy (non-hydrogen) atoms. The zero-order chi connectivity index (χ0) is 11.4. The normalized spacial score (nSPS) is 21.6. The van der Waals surface area contributed by atoms with Crippen LogP contribution in [0.25, 0.3) is 0 Å². The van der Waals surface area contributed by atoms with Crippen LogP contribution in [0.15, 0.2) is 30.3 Å². The van der Waals surface area contributed by atoms with E-state index in [2.05, 4.69) is 11.8 Å². The molecule has 1 aliphatic rings. The Morgan fingerprint density at radius 3 is 2.31 bits per heavy atom. The first-order valence-corrected chi connectivity index (χ1v) is 6.26. The molecule has 88 valence electrons. The summed E-state index contributed by atoms with van der Waals surface area (Å²) in [6, 6.07) is 10.2. The molecule has 1 fully saturated rings. The van der Waals surface area contributed by atoms with E-state index in [9.17, 15) is 5.11 Å². The molecule has 0 bridgehead atoms. The molecule has 1 heterocycles. The highest BCUT2D eigenvalue weighted by Crippen LogP contribution is 2.23. The fraction of sp³-hybridized carbons (Fsp3) is 0.571. The van der Waals surface area contributed by atoms with Gasteiger partial charge in [0.2, 0.25) is 0 Å². The third-order valence-electron chi connectivity index (χ3n) is 3.56. The van der Waals surface area contributed by atoms with E-state index in [-0.39, 0.29) is 12.1 Å². The Balaban J connectivity index is 2.00. The minimum absolute atomic E-state index is 0.225. The monoisotopic (exact) mass is 219 g/mol. The number of rotatable bonds is 3. The summed E-state index contributed by atoms with van der Waals surface area (Å²) in [5.74, 6) is 0. The SMILES string of the molecule is C[C@@H]([C@H](O)c1ccccc1)N1CCCCC1. The van der Waals surface area contributed by atoms with Crippen molar-refractivity contribution in [3.8, 4) is 0 Å². The number of aliphatic hydroxyl groups excluding tert-OH is 1. The zero-order valence-electron chi connectivity index (χ0n) is 9.97. The highest BCUT2D eigenvalue weighted by atomic mass is 16.3. The lowest BCUT2D eigenvalue weighted by atomic mass is 10.00. The Labute approximate surface area is 97.9 Å². The molecule has 0 saturated carbocycles. The van der Waals surface area contributed by atoms with Crippen molar-refractivity contribution in [2.24, 2.45) is 0 Å². The largest absolute Gasteiger partial charge is 0.387 e. The predicted molar refractivity (Wildman–Crippen MR) is 66.3 cm³/mol. The molecule has 2 heteroatoms. The minimum atomic E-state index is -0.362. The van der Waals surface area contributed by atoms with Crippen LogP contribution < -0.4 is 0 Å². The number of nitrogens with zero attached hydrogens (tertiary/aromatic N) is 1. The Morgan fingerprint density at radius 1 is 1.06 bits per heavy atom. The zero-order valence-corrected chi connectivity index (χ0v) is 9.97. The Morgan fingerprint density at radius 2 is 1.69 bits per heavy atom. The number of piperidine rings is 1. The lowest BCUT2D eigenvalue weighted by Crippen LogP contribution is -2.40. The molecule has 1 N–H and O–H groups in total. The molecule has 2 atom stereocenters. The van der Waals surface area contributed by atoms with E-state index in [1.165, 1.54) is 19.3 Å². The molecule has 1 saturated heterocycles. The average Bonchev–Trinajstić information content (AvgIpc) is 2.39. The molecule has 1 aliphatic heterocycles. The molecule has 0 unspecified atom stereocenters. The molecule has 0 aliphatic carbocycles. The van der Waals surface area contributed by atoms with Crippen LogP contribution in [-0.4, -0.2) is 29.1 Å².